The lowest BCUT2D eigenvalue weighted by Gasteiger charge is -2.34. The summed E-state index contributed by atoms with van der Waals surface area (Å²) in [4.78, 5) is 34.1. The Hall–Kier alpha value is -2.56. The second-order valence-corrected chi connectivity index (χ2v) is 13.6. The van der Waals surface area contributed by atoms with Crippen molar-refractivity contribution in [2.75, 3.05) is 57.0 Å². The zero-order valence-corrected chi connectivity index (χ0v) is 26.9. The highest BCUT2D eigenvalue weighted by Crippen LogP contribution is 2.43. The molecule has 11 heteroatoms. The number of carbonyl (C=O) groups is 2. The standard InChI is InChI=1S/C33H45Cl2N7O2/c34-27-19-23-18-24(20-29(43)41-14-9-25(10-15-41)37-11-8-22-6-2-3-7-28(22)36)33(44)42(17-16-40-12-4-1-5-13-40)21-26(23)30-31(27)38-39-32(30)35/h2-3,6-7,19,24-25,32,37-39H,1,4-5,8-18,20-21,36H2. The summed E-state index contributed by atoms with van der Waals surface area (Å²) < 4.78 is 0. The fraction of sp³-hybridized carbons (Fsp3) is 0.576. The smallest absolute Gasteiger partial charge is 0.226 e. The first-order valence-electron chi connectivity index (χ1n) is 16.2. The Kier molecular flexibility index (Phi) is 10.2. The van der Waals surface area contributed by atoms with Crippen LogP contribution in [0, 0.1) is 5.92 Å². The van der Waals surface area contributed by atoms with Crippen molar-refractivity contribution < 1.29 is 9.59 Å². The van der Waals surface area contributed by atoms with Gasteiger partial charge in [0.25, 0.3) is 0 Å². The van der Waals surface area contributed by atoms with E-state index in [9.17, 15) is 9.59 Å². The first kappa shape index (κ1) is 31.4. The lowest BCUT2D eigenvalue weighted by Crippen LogP contribution is -2.47. The molecule has 238 valence electrons. The van der Waals surface area contributed by atoms with Crippen molar-refractivity contribution in [2.45, 2.75) is 69.5 Å². The number of hydrazine groups is 1. The normalized spacial score (nSPS) is 22.8. The summed E-state index contributed by atoms with van der Waals surface area (Å²) in [5, 5.41) is 4.23. The zero-order valence-electron chi connectivity index (χ0n) is 25.4. The molecule has 0 aliphatic carbocycles. The first-order chi connectivity index (χ1) is 21.4. The monoisotopic (exact) mass is 641 g/mol. The van der Waals surface area contributed by atoms with Gasteiger partial charge in [0, 0.05) is 56.4 Å². The molecule has 2 amide bonds. The molecule has 2 atom stereocenters. The van der Waals surface area contributed by atoms with Crippen molar-refractivity contribution in [3.05, 3.63) is 57.6 Å². The second-order valence-electron chi connectivity index (χ2n) is 12.7. The van der Waals surface area contributed by atoms with E-state index in [0.717, 1.165) is 79.1 Å². The number of hydrogen-bond acceptors (Lipinski definition) is 7. The molecule has 9 nitrogen and oxygen atoms in total. The number of benzene rings is 2. The van der Waals surface area contributed by atoms with Gasteiger partial charge in [-0.05, 0) is 87.0 Å². The number of nitrogens with two attached hydrogens (primary N) is 1. The highest BCUT2D eigenvalue weighted by atomic mass is 35.5. The number of anilines is 2. The maximum atomic E-state index is 14.1. The molecule has 2 fully saturated rings. The van der Waals surface area contributed by atoms with Gasteiger partial charge in [-0.25, -0.2) is 5.43 Å². The highest BCUT2D eigenvalue weighted by molar-refractivity contribution is 6.34. The Morgan fingerprint density at radius 3 is 2.61 bits per heavy atom. The maximum absolute atomic E-state index is 14.1. The molecule has 0 aromatic heterocycles. The van der Waals surface area contributed by atoms with E-state index in [1.807, 2.05) is 34.1 Å². The summed E-state index contributed by atoms with van der Waals surface area (Å²) >= 11 is 13.4. The minimum atomic E-state index is -0.436. The van der Waals surface area contributed by atoms with Crippen LogP contribution in [0.3, 0.4) is 0 Å². The molecule has 2 unspecified atom stereocenters. The lowest BCUT2D eigenvalue weighted by atomic mass is 9.91. The number of fused-ring (bicyclic) bond motifs is 3. The Morgan fingerprint density at radius 2 is 1.84 bits per heavy atom. The Labute approximate surface area is 270 Å². The van der Waals surface area contributed by atoms with Crippen molar-refractivity contribution in [1.82, 2.24) is 25.4 Å². The predicted octanol–water partition coefficient (Wildman–Crippen LogP) is 4.29. The number of alkyl halides is 1. The van der Waals surface area contributed by atoms with Crippen LogP contribution in [0.25, 0.3) is 0 Å². The minimum absolute atomic E-state index is 0.0539. The van der Waals surface area contributed by atoms with E-state index in [1.165, 1.54) is 19.3 Å². The van der Waals surface area contributed by atoms with Gasteiger partial charge in [0.15, 0.2) is 0 Å². The van der Waals surface area contributed by atoms with Crippen LogP contribution in [0.4, 0.5) is 11.4 Å². The summed E-state index contributed by atoms with van der Waals surface area (Å²) in [5.41, 5.74) is 17.6. The molecule has 2 saturated heterocycles. The Balaban J connectivity index is 1.10. The molecule has 4 aliphatic rings. The van der Waals surface area contributed by atoms with Crippen molar-refractivity contribution in [2.24, 2.45) is 5.92 Å². The number of nitrogens with zero attached hydrogens (tertiary/aromatic N) is 3. The molecule has 0 bridgehead atoms. The van der Waals surface area contributed by atoms with Crippen LogP contribution in [0.1, 0.15) is 66.3 Å². The Morgan fingerprint density at radius 1 is 1.07 bits per heavy atom. The van der Waals surface area contributed by atoms with Crippen LogP contribution in [0.15, 0.2) is 30.3 Å². The molecule has 6 rings (SSSR count). The number of hydrogen-bond donors (Lipinski definition) is 4. The number of carbonyl (C=O) groups excluding carboxylic acids is 2. The number of nitrogens with one attached hydrogen (secondary N) is 3. The number of likely N-dealkylation sites (tertiary alicyclic amines) is 2. The van der Waals surface area contributed by atoms with Gasteiger partial charge >= 0.3 is 0 Å². The third-order valence-corrected chi connectivity index (χ3v) is 10.5. The van der Waals surface area contributed by atoms with E-state index in [-0.39, 0.29) is 18.2 Å². The molecule has 2 aromatic rings. The van der Waals surface area contributed by atoms with Gasteiger partial charge in [-0.2, -0.15) is 0 Å². The first-order valence-corrected chi connectivity index (χ1v) is 17.0. The van der Waals surface area contributed by atoms with E-state index in [0.29, 0.717) is 43.7 Å². The SMILES string of the molecule is Nc1ccccc1CCNC1CCN(C(=O)CC2Cc3cc(Cl)c4c(c3CN(CCN3CCCCC3)C2=O)C(Cl)NN4)CC1. The van der Waals surface area contributed by atoms with Crippen LogP contribution in [-0.2, 0) is 29.0 Å². The van der Waals surface area contributed by atoms with Gasteiger partial charge in [0.05, 0.1) is 16.6 Å². The van der Waals surface area contributed by atoms with Crippen molar-refractivity contribution in [1.29, 1.82) is 0 Å². The second kappa shape index (κ2) is 14.3. The number of piperidine rings is 2. The van der Waals surface area contributed by atoms with Crippen molar-refractivity contribution in [3.8, 4) is 0 Å². The quantitative estimate of drug-likeness (QED) is 0.184. The molecule has 0 spiro atoms. The topological polar surface area (TPSA) is 106 Å². The van der Waals surface area contributed by atoms with Crippen LogP contribution < -0.4 is 21.9 Å². The highest BCUT2D eigenvalue weighted by Gasteiger charge is 2.37. The number of nitrogen functional groups attached to an aromatic ring is 1. The van der Waals surface area contributed by atoms with Crippen molar-refractivity contribution >= 4 is 46.4 Å². The summed E-state index contributed by atoms with van der Waals surface area (Å²) in [6.07, 6.45) is 7.07. The number of para-hydroxylation sites is 1. The minimum Gasteiger partial charge on any atom is -0.399 e. The van der Waals surface area contributed by atoms with Crippen LogP contribution in [0.5, 0.6) is 0 Å². The fourth-order valence-corrected chi connectivity index (χ4v) is 7.84. The van der Waals surface area contributed by atoms with E-state index in [2.05, 4.69) is 27.1 Å². The number of rotatable bonds is 9. The number of halogens is 2. The van der Waals surface area contributed by atoms with E-state index >= 15 is 0 Å². The summed E-state index contributed by atoms with van der Waals surface area (Å²) in [6.45, 7) is 6.37. The molecule has 2 aromatic carbocycles. The molecular weight excluding hydrogens is 597 g/mol. The summed E-state index contributed by atoms with van der Waals surface area (Å²) in [7, 11) is 0. The maximum Gasteiger partial charge on any atom is 0.226 e. The van der Waals surface area contributed by atoms with E-state index < -0.39 is 11.4 Å². The molecule has 44 heavy (non-hydrogen) atoms. The van der Waals surface area contributed by atoms with Gasteiger partial charge in [-0.1, -0.05) is 47.8 Å². The van der Waals surface area contributed by atoms with Gasteiger partial charge < -0.3 is 31.2 Å². The predicted molar refractivity (Wildman–Crippen MR) is 176 cm³/mol. The van der Waals surface area contributed by atoms with Crippen LogP contribution in [-0.4, -0.2) is 78.4 Å². The van der Waals surface area contributed by atoms with Crippen LogP contribution >= 0.6 is 23.2 Å². The molecule has 5 N–H and O–H groups in total. The van der Waals surface area contributed by atoms with Crippen molar-refractivity contribution in [3.63, 3.8) is 0 Å². The average Bonchev–Trinajstić information content (AvgIpc) is 3.38. The fourth-order valence-electron chi connectivity index (χ4n) is 7.27. The van der Waals surface area contributed by atoms with Gasteiger partial charge in [0.1, 0.15) is 5.50 Å². The van der Waals surface area contributed by atoms with E-state index in [1.54, 1.807) is 0 Å². The molecule has 0 saturated carbocycles. The third-order valence-electron chi connectivity index (χ3n) is 9.86. The number of amides is 2. The van der Waals surface area contributed by atoms with Gasteiger partial charge in [0.2, 0.25) is 11.8 Å². The molecular formula is C33H45Cl2N7O2. The Bertz CT molecular complexity index is 1340. The largest absolute Gasteiger partial charge is 0.399 e. The van der Waals surface area contributed by atoms with Crippen LogP contribution in [0.2, 0.25) is 5.02 Å². The third kappa shape index (κ3) is 7.12. The molecule has 0 radical (unpaired) electrons. The molecule has 4 aliphatic heterocycles. The van der Waals surface area contributed by atoms with Gasteiger partial charge in [-0.3, -0.25) is 9.59 Å². The lowest BCUT2D eigenvalue weighted by molar-refractivity contribution is -0.142. The summed E-state index contributed by atoms with van der Waals surface area (Å²) in [6, 6.07) is 10.3. The van der Waals surface area contributed by atoms with Gasteiger partial charge in [-0.15, -0.1) is 0 Å². The summed E-state index contributed by atoms with van der Waals surface area (Å²) in [5.74, 6) is -0.315. The average molecular weight is 643 g/mol. The zero-order chi connectivity index (χ0) is 30.6. The molecule has 4 heterocycles. The van der Waals surface area contributed by atoms with E-state index in [4.69, 9.17) is 28.9 Å².